The molecule has 0 bridgehead atoms. The second-order valence-corrected chi connectivity index (χ2v) is 7.92. The van der Waals surface area contributed by atoms with Crippen LogP contribution in [0.15, 0.2) is 22.9 Å². The second kappa shape index (κ2) is 7.49. The van der Waals surface area contributed by atoms with Gasteiger partial charge in [0.1, 0.15) is 16.5 Å². The van der Waals surface area contributed by atoms with Gasteiger partial charge in [-0.25, -0.2) is 9.97 Å². The topological polar surface area (TPSA) is 49.3 Å². The molecule has 0 aliphatic carbocycles. The molecule has 0 unspecified atom stereocenters. The van der Waals surface area contributed by atoms with E-state index in [1.54, 1.807) is 41.7 Å². The number of anilines is 1. The Balaban J connectivity index is 2.14. The number of thiophene rings is 2. The van der Waals surface area contributed by atoms with Gasteiger partial charge in [-0.05, 0) is 24.8 Å². The predicted molar refractivity (Wildman–Crippen MR) is 107 cm³/mol. The Morgan fingerprint density at radius 1 is 1.24 bits per heavy atom. The highest BCUT2D eigenvalue weighted by Gasteiger charge is 2.21. The zero-order valence-electron chi connectivity index (χ0n) is 14.9. The summed E-state index contributed by atoms with van der Waals surface area (Å²) in [6.07, 6.45) is 0.948. The van der Waals surface area contributed by atoms with Gasteiger partial charge in [-0.3, -0.25) is 4.79 Å². The molecule has 3 aromatic heterocycles. The van der Waals surface area contributed by atoms with E-state index < -0.39 is 0 Å². The maximum absolute atomic E-state index is 12.3. The molecule has 5 nitrogen and oxygen atoms in total. The fourth-order valence-corrected chi connectivity index (χ4v) is 4.51. The minimum atomic E-state index is 0.0748. The summed E-state index contributed by atoms with van der Waals surface area (Å²) < 4.78 is 0. The smallest absolute Gasteiger partial charge is 0.241 e. The Morgan fingerprint density at radius 2 is 2.04 bits per heavy atom. The number of amides is 1. The molecule has 0 aliphatic heterocycles. The van der Waals surface area contributed by atoms with E-state index >= 15 is 0 Å². The first kappa shape index (κ1) is 17.8. The average Bonchev–Trinajstić information content (AvgIpc) is 3.22. The minimum absolute atomic E-state index is 0.0748. The molecular weight excluding hydrogens is 352 g/mol. The van der Waals surface area contributed by atoms with Crippen molar-refractivity contribution in [3.8, 4) is 10.4 Å². The van der Waals surface area contributed by atoms with Crippen molar-refractivity contribution in [2.24, 2.45) is 0 Å². The van der Waals surface area contributed by atoms with Gasteiger partial charge in [0.25, 0.3) is 0 Å². The lowest BCUT2D eigenvalue weighted by Gasteiger charge is -2.25. The summed E-state index contributed by atoms with van der Waals surface area (Å²) in [4.78, 5) is 27.6. The first-order chi connectivity index (χ1) is 12.0. The van der Waals surface area contributed by atoms with Gasteiger partial charge < -0.3 is 9.80 Å². The molecule has 0 atom stereocenters. The van der Waals surface area contributed by atoms with E-state index in [4.69, 9.17) is 4.98 Å². The molecular formula is C18H22N4OS2. The molecule has 0 saturated heterocycles. The summed E-state index contributed by atoms with van der Waals surface area (Å²) in [5.74, 6) is 1.68. The largest absolute Gasteiger partial charge is 0.347 e. The highest BCUT2D eigenvalue weighted by atomic mass is 32.1. The standard InChI is InChI=1S/C18H22N4OS2/c1-5-8-22(10-15(23)21(3)4)17-16-13(14-7-6-9-24-14)11-25-18(16)20-12(2)19-17/h6-7,9,11H,5,8,10H2,1-4H3. The van der Waals surface area contributed by atoms with Gasteiger partial charge in [-0.2, -0.15) is 0 Å². The normalized spacial score (nSPS) is 11.0. The maximum Gasteiger partial charge on any atom is 0.241 e. The van der Waals surface area contributed by atoms with Crippen LogP contribution >= 0.6 is 22.7 Å². The molecule has 0 fully saturated rings. The van der Waals surface area contributed by atoms with Crippen molar-refractivity contribution in [1.82, 2.24) is 14.9 Å². The number of aryl methyl sites for hydroxylation is 1. The molecule has 0 aliphatic rings. The number of carbonyl (C=O) groups is 1. The van der Waals surface area contributed by atoms with E-state index in [9.17, 15) is 4.79 Å². The molecule has 3 rings (SSSR count). The van der Waals surface area contributed by atoms with Crippen LogP contribution in [0.25, 0.3) is 20.7 Å². The third-order valence-corrected chi connectivity index (χ3v) is 5.71. The maximum atomic E-state index is 12.3. The summed E-state index contributed by atoms with van der Waals surface area (Å²) in [5.41, 5.74) is 1.16. The molecule has 7 heteroatoms. The first-order valence-corrected chi connectivity index (χ1v) is 10.0. The van der Waals surface area contributed by atoms with Gasteiger partial charge in [-0.1, -0.05) is 13.0 Å². The van der Waals surface area contributed by atoms with Gasteiger partial charge in [-0.15, -0.1) is 22.7 Å². The van der Waals surface area contributed by atoms with Gasteiger partial charge in [0, 0.05) is 36.5 Å². The van der Waals surface area contributed by atoms with Crippen molar-refractivity contribution in [3.63, 3.8) is 0 Å². The van der Waals surface area contributed by atoms with Gasteiger partial charge in [0.05, 0.1) is 11.9 Å². The van der Waals surface area contributed by atoms with Gasteiger partial charge >= 0.3 is 0 Å². The Morgan fingerprint density at radius 3 is 2.68 bits per heavy atom. The molecule has 0 radical (unpaired) electrons. The summed E-state index contributed by atoms with van der Waals surface area (Å²) in [6.45, 7) is 5.13. The van der Waals surface area contributed by atoms with Crippen LogP contribution in [0.3, 0.4) is 0 Å². The number of rotatable bonds is 6. The molecule has 132 valence electrons. The molecule has 3 heterocycles. The van der Waals surface area contributed by atoms with Crippen molar-refractivity contribution >= 4 is 44.6 Å². The van der Waals surface area contributed by atoms with Crippen LogP contribution < -0.4 is 4.90 Å². The number of likely N-dealkylation sites (N-methyl/N-ethyl adjacent to an activating group) is 1. The molecule has 0 saturated carbocycles. The van der Waals surface area contributed by atoms with E-state index in [2.05, 4.69) is 39.7 Å². The summed E-state index contributed by atoms with van der Waals surface area (Å²) in [6, 6.07) is 4.17. The van der Waals surface area contributed by atoms with Crippen LogP contribution in [0.1, 0.15) is 19.2 Å². The zero-order chi connectivity index (χ0) is 18.0. The van der Waals surface area contributed by atoms with E-state index in [0.29, 0.717) is 6.54 Å². The van der Waals surface area contributed by atoms with E-state index in [1.165, 1.54) is 4.88 Å². The van der Waals surface area contributed by atoms with Gasteiger partial charge in [0.2, 0.25) is 5.91 Å². The van der Waals surface area contributed by atoms with E-state index in [1.807, 2.05) is 6.92 Å². The summed E-state index contributed by atoms with van der Waals surface area (Å²) >= 11 is 3.34. The Bertz CT molecular complexity index is 871. The van der Waals surface area contributed by atoms with Crippen molar-refractivity contribution in [1.29, 1.82) is 0 Å². The molecule has 25 heavy (non-hydrogen) atoms. The summed E-state index contributed by atoms with van der Waals surface area (Å²) in [5, 5.41) is 5.27. The highest BCUT2D eigenvalue weighted by molar-refractivity contribution is 7.18. The van der Waals surface area contributed by atoms with Crippen LogP contribution in [0.2, 0.25) is 0 Å². The summed E-state index contributed by atoms with van der Waals surface area (Å²) in [7, 11) is 3.57. The SMILES string of the molecule is CCCN(CC(=O)N(C)C)c1nc(C)nc2scc(-c3cccs3)c12. The third-order valence-electron chi connectivity index (χ3n) is 3.93. The van der Waals surface area contributed by atoms with Crippen molar-refractivity contribution < 1.29 is 4.79 Å². The Labute approximate surface area is 155 Å². The number of nitrogens with zero attached hydrogens (tertiary/aromatic N) is 4. The highest BCUT2D eigenvalue weighted by Crippen LogP contribution is 2.40. The monoisotopic (exact) mass is 374 g/mol. The van der Waals surface area contributed by atoms with E-state index in [0.717, 1.165) is 40.4 Å². The molecule has 3 aromatic rings. The lowest BCUT2D eigenvalue weighted by atomic mass is 10.2. The molecule has 0 aromatic carbocycles. The molecule has 1 amide bonds. The average molecular weight is 375 g/mol. The second-order valence-electron chi connectivity index (χ2n) is 6.11. The van der Waals surface area contributed by atoms with Crippen LogP contribution in [0.5, 0.6) is 0 Å². The van der Waals surface area contributed by atoms with Gasteiger partial charge in [0.15, 0.2) is 0 Å². The van der Waals surface area contributed by atoms with Crippen molar-refractivity contribution in [2.45, 2.75) is 20.3 Å². The van der Waals surface area contributed by atoms with Crippen molar-refractivity contribution in [3.05, 3.63) is 28.7 Å². The fourth-order valence-electron chi connectivity index (χ4n) is 2.70. The molecule has 0 N–H and O–H groups in total. The molecule has 0 spiro atoms. The van der Waals surface area contributed by atoms with Crippen LogP contribution in [0.4, 0.5) is 5.82 Å². The number of hydrogen-bond donors (Lipinski definition) is 0. The first-order valence-electron chi connectivity index (χ1n) is 8.26. The Hall–Kier alpha value is -1.99. The van der Waals surface area contributed by atoms with Crippen LogP contribution in [-0.4, -0.2) is 48.0 Å². The fraction of sp³-hybridized carbons (Fsp3) is 0.389. The number of carbonyl (C=O) groups excluding carboxylic acids is 1. The quantitative estimate of drug-likeness (QED) is 0.653. The van der Waals surface area contributed by atoms with E-state index in [-0.39, 0.29) is 5.91 Å². The van der Waals surface area contributed by atoms with Crippen LogP contribution in [0, 0.1) is 6.92 Å². The number of aromatic nitrogens is 2. The Kier molecular flexibility index (Phi) is 5.34. The number of hydrogen-bond acceptors (Lipinski definition) is 6. The third kappa shape index (κ3) is 3.67. The van der Waals surface area contributed by atoms with Crippen molar-refractivity contribution in [2.75, 3.05) is 32.1 Å². The van der Waals surface area contributed by atoms with Crippen LogP contribution in [-0.2, 0) is 4.79 Å². The minimum Gasteiger partial charge on any atom is -0.347 e. The zero-order valence-corrected chi connectivity index (χ0v) is 16.6. The lowest BCUT2D eigenvalue weighted by Crippen LogP contribution is -2.37. The number of fused-ring (bicyclic) bond motifs is 1. The lowest BCUT2D eigenvalue weighted by molar-refractivity contribution is -0.127. The predicted octanol–water partition coefficient (Wildman–Crippen LogP) is 4.03.